The van der Waals surface area contributed by atoms with Crippen molar-refractivity contribution < 1.29 is 19.1 Å². The number of thioether (sulfide) groups is 1. The molecule has 0 radical (unpaired) electrons. The maximum atomic E-state index is 12.6. The van der Waals surface area contributed by atoms with Crippen molar-refractivity contribution in [2.75, 3.05) is 24.8 Å². The first-order valence-electron chi connectivity index (χ1n) is 11.4. The van der Waals surface area contributed by atoms with E-state index < -0.39 is 0 Å². The van der Waals surface area contributed by atoms with Gasteiger partial charge in [-0.05, 0) is 50.6 Å². The van der Waals surface area contributed by atoms with Gasteiger partial charge >= 0.3 is 0 Å². The van der Waals surface area contributed by atoms with Crippen LogP contribution in [-0.4, -0.2) is 46.0 Å². The Bertz CT molecular complexity index is 1130. The van der Waals surface area contributed by atoms with E-state index in [4.69, 9.17) is 9.47 Å². The van der Waals surface area contributed by atoms with Crippen LogP contribution < -0.4 is 20.1 Å². The summed E-state index contributed by atoms with van der Waals surface area (Å²) in [5.74, 6) is 1.89. The van der Waals surface area contributed by atoms with E-state index in [2.05, 4.69) is 20.8 Å². The van der Waals surface area contributed by atoms with E-state index in [1.54, 1.807) is 13.2 Å². The lowest BCUT2D eigenvalue weighted by atomic mass is 10.1. The van der Waals surface area contributed by atoms with E-state index >= 15 is 0 Å². The van der Waals surface area contributed by atoms with E-state index in [9.17, 15) is 9.59 Å². The highest BCUT2D eigenvalue weighted by molar-refractivity contribution is 7.99. The van der Waals surface area contributed by atoms with Crippen LogP contribution >= 0.6 is 11.8 Å². The number of carbonyl (C=O) groups excluding carboxylic acids is 2. The quantitative estimate of drug-likeness (QED) is 0.366. The minimum Gasteiger partial charge on any atom is -0.497 e. The van der Waals surface area contributed by atoms with Gasteiger partial charge in [0.1, 0.15) is 11.5 Å². The fourth-order valence-electron chi connectivity index (χ4n) is 3.48. The number of ether oxygens (including phenoxy) is 2. The molecule has 1 heterocycles. The standard InChI is InChI=1S/C25H31N5O4S/c1-5-30-24(17(3)26-22(31)15-18-11-13-19(33-4)14-12-18)28-29-25(30)35-16-23(32)27-20-9-7-8-10-21(20)34-6-2/h7-14,17H,5-6,15-16H2,1-4H3,(H,26,31)(H,27,32)/t17-/m0/s1. The van der Waals surface area contributed by atoms with Crippen molar-refractivity contribution in [2.24, 2.45) is 0 Å². The Morgan fingerprint density at radius 2 is 1.80 bits per heavy atom. The van der Waals surface area contributed by atoms with Crippen LogP contribution in [0.4, 0.5) is 5.69 Å². The number of benzene rings is 2. The molecule has 9 nitrogen and oxygen atoms in total. The number of methoxy groups -OCH3 is 1. The van der Waals surface area contributed by atoms with Crippen molar-refractivity contribution in [1.82, 2.24) is 20.1 Å². The van der Waals surface area contributed by atoms with Crippen LogP contribution in [0.1, 0.15) is 38.2 Å². The molecule has 35 heavy (non-hydrogen) atoms. The summed E-state index contributed by atoms with van der Waals surface area (Å²) in [6, 6.07) is 14.4. The summed E-state index contributed by atoms with van der Waals surface area (Å²) in [5.41, 5.74) is 1.52. The third-order valence-electron chi connectivity index (χ3n) is 5.14. The lowest BCUT2D eigenvalue weighted by Crippen LogP contribution is -2.30. The Labute approximate surface area is 209 Å². The average Bonchev–Trinajstić information content (AvgIpc) is 3.27. The molecule has 0 fully saturated rings. The largest absolute Gasteiger partial charge is 0.497 e. The average molecular weight is 498 g/mol. The summed E-state index contributed by atoms with van der Waals surface area (Å²) in [6.07, 6.45) is 0.250. The first-order chi connectivity index (χ1) is 16.9. The van der Waals surface area contributed by atoms with Gasteiger partial charge in [-0.15, -0.1) is 10.2 Å². The molecule has 1 aromatic heterocycles. The van der Waals surface area contributed by atoms with E-state index in [0.717, 1.165) is 11.3 Å². The van der Waals surface area contributed by atoms with Crippen molar-refractivity contribution >= 4 is 29.3 Å². The Balaban J connectivity index is 1.57. The summed E-state index contributed by atoms with van der Waals surface area (Å²) < 4.78 is 12.6. The molecule has 0 bridgehead atoms. The lowest BCUT2D eigenvalue weighted by Gasteiger charge is -2.15. The van der Waals surface area contributed by atoms with Crippen molar-refractivity contribution in [3.63, 3.8) is 0 Å². The minimum absolute atomic E-state index is 0.116. The lowest BCUT2D eigenvalue weighted by molar-refractivity contribution is -0.121. The van der Waals surface area contributed by atoms with Gasteiger partial charge in [0.2, 0.25) is 11.8 Å². The van der Waals surface area contributed by atoms with Crippen molar-refractivity contribution in [1.29, 1.82) is 0 Å². The van der Waals surface area contributed by atoms with Gasteiger partial charge in [0.25, 0.3) is 0 Å². The number of carbonyl (C=O) groups is 2. The highest BCUT2D eigenvalue weighted by Gasteiger charge is 2.20. The fraction of sp³-hybridized carbons (Fsp3) is 0.360. The molecule has 1 atom stereocenters. The molecule has 2 amide bonds. The van der Waals surface area contributed by atoms with Crippen LogP contribution in [0.5, 0.6) is 11.5 Å². The molecule has 0 saturated heterocycles. The molecule has 0 unspecified atom stereocenters. The molecule has 3 aromatic rings. The molecule has 0 spiro atoms. The monoisotopic (exact) mass is 497 g/mol. The number of anilines is 1. The van der Waals surface area contributed by atoms with Gasteiger partial charge in [0.15, 0.2) is 11.0 Å². The zero-order valence-electron chi connectivity index (χ0n) is 20.4. The summed E-state index contributed by atoms with van der Waals surface area (Å²) in [6.45, 7) is 6.86. The predicted octanol–water partition coefficient (Wildman–Crippen LogP) is 3.86. The van der Waals surface area contributed by atoms with E-state index in [0.29, 0.717) is 35.6 Å². The maximum Gasteiger partial charge on any atom is 0.234 e. The predicted molar refractivity (Wildman–Crippen MR) is 136 cm³/mol. The molecule has 3 rings (SSSR count). The molecule has 0 aliphatic heterocycles. The van der Waals surface area contributed by atoms with Crippen molar-refractivity contribution in [3.8, 4) is 11.5 Å². The molecular formula is C25H31N5O4S. The van der Waals surface area contributed by atoms with Gasteiger partial charge in [-0.1, -0.05) is 36.0 Å². The molecule has 0 aliphatic carbocycles. The number of nitrogens with zero attached hydrogens (tertiary/aromatic N) is 3. The molecule has 0 saturated carbocycles. The number of amides is 2. The van der Waals surface area contributed by atoms with Gasteiger partial charge in [-0.2, -0.15) is 0 Å². The van der Waals surface area contributed by atoms with Gasteiger partial charge in [-0.3, -0.25) is 9.59 Å². The third-order valence-corrected chi connectivity index (χ3v) is 6.11. The second-order valence-electron chi connectivity index (χ2n) is 7.67. The van der Waals surface area contributed by atoms with E-state index in [1.807, 2.05) is 67.8 Å². The van der Waals surface area contributed by atoms with Gasteiger partial charge in [0, 0.05) is 6.54 Å². The number of hydrogen-bond donors (Lipinski definition) is 2. The van der Waals surface area contributed by atoms with Crippen molar-refractivity contribution in [2.45, 2.75) is 44.9 Å². The topological polar surface area (TPSA) is 107 Å². The number of aromatic nitrogens is 3. The number of para-hydroxylation sites is 2. The second-order valence-corrected chi connectivity index (χ2v) is 8.61. The molecule has 0 aliphatic rings. The van der Waals surface area contributed by atoms with Gasteiger partial charge in [-0.25, -0.2) is 0 Å². The van der Waals surface area contributed by atoms with Crippen LogP contribution in [0.3, 0.4) is 0 Å². The number of rotatable bonds is 12. The van der Waals surface area contributed by atoms with Crippen LogP contribution in [0, 0.1) is 0 Å². The van der Waals surface area contributed by atoms with Crippen LogP contribution in [0.25, 0.3) is 0 Å². The van der Waals surface area contributed by atoms with Crippen molar-refractivity contribution in [3.05, 3.63) is 59.9 Å². The van der Waals surface area contributed by atoms with E-state index in [1.165, 1.54) is 11.8 Å². The van der Waals surface area contributed by atoms with Gasteiger partial charge in [0.05, 0.1) is 37.6 Å². The maximum absolute atomic E-state index is 12.6. The highest BCUT2D eigenvalue weighted by Crippen LogP contribution is 2.25. The SMILES string of the molecule is CCOc1ccccc1NC(=O)CSc1nnc([C@H](C)NC(=O)Cc2ccc(OC)cc2)n1CC. The molecular weight excluding hydrogens is 466 g/mol. The number of hydrogen-bond acceptors (Lipinski definition) is 7. The smallest absolute Gasteiger partial charge is 0.234 e. The summed E-state index contributed by atoms with van der Waals surface area (Å²) in [4.78, 5) is 25.1. The summed E-state index contributed by atoms with van der Waals surface area (Å²) in [5, 5.41) is 15.0. The molecule has 2 aromatic carbocycles. The second kappa shape index (κ2) is 12.8. The normalized spacial score (nSPS) is 11.5. The highest BCUT2D eigenvalue weighted by atomic mass is 32.2. The first kappa shape index (κ1) is 26.1. The molecule has 2 N–H and O–H groups in total. The Hall–Kier alpha value is -3.53. The van der Waals surface area contributed by atoms with Crippen LogP contribution in [0.2, 0.25) is 0 Å². The first-order valence-corrected chi connectivity index (χ1v) is 12.4. The van der Waals surface area contributed by atoms with Crippen LogP contribution in [0.15, 0.2) is 53.7 Å². The third kappa shape index (κ3) is 7.22. The molecule has 186 valence electrons. The number of nitrogens with one attached hydrogen (secondary N) is 2. The molecule has 10 heteroatoms. The van der Waals surface area contributed by atoms with Crippen LogP contribution in [-0.2, 0) is 22.6 Å². The zero-order chi connectivity index (χ0) is 25.2. The summed E-state index contributed by atoms with van der Waals surface area (Å²) >= 11 is 1.29. The minimum atomic E-state index is -0.338. The Morgan fingerprint density at radius 1 is 1.06 bits per heavy atom. The Morgan fingerprint density at radius 3 is 2.49 bits per heavy atom. The Kier molecular flexibility index (Phi) is 9.54. The summed E-state index contributed by atoms with van der Waals surface area (Å²) in [7, 11) is 1.60. The fourth-order valence-corrected chi connectivity index (χ4v) is 4.29. The zero-order valence-corrected chi connectivity index (χ0v) is 21.2. The van der Waals surface area contributed by atoms with E-state index in [-0.39, 0.29) is 30.0 Å². The van der Waals surface area contributed by atoms with Gasteiger partial charge < -0.3 is 24.7 Å².